The molecule has 5 aromatic rings. The third-order valence-corrected chi connectivity index (χ3v) is 6.65. The molecule has 1 aromatic carbocycles. The lowest BCUT2D eigenvalue weighted by molar-refractivity contribution is -0.127. The van der Waals surface area contributed by atoms with Crippen LogP contribution in [0.2, 0.25) is 0 Å². The number of methoxy groups -OCH3 is 1. The van der Waals surface area contributed by atoms with Crippen molar-refractivity contribution in [1.29, 1.82) is 0 Å². The Morgan fingerprint density at radius 3 is 2.81 bits per heavy atom. The van der Waals surface area contributed by atoms with Gasteiger partial charge in [-0.15, -0.1) is 0 Å². The van der Waals surface area contributed by atoms with Crippen molar-refractivity contribution in [3.8, 4) is 17.0 Å². The summed E-state index contributed by atoms with van der Waals surface area (Å²) in [6.45, 7) is 3.11. The summed E-state index contributed by atoms with van der Waals surface area (Å²) in [6, 6.07) is 8.26. The van der Waals surface area contributed by atoms with Crippen LogP contribution in [-0.2, 0) is 11.8 Å². The Morgan fingerprint density at radius 1 is 1.19 bits per heavy atom. The van der Waals surface area contributed by atoms with Gasteiger partial charge in [0.15, 0.2) is 5.65 Å². The van der Waals surface area contributed by atoms with E-state index in [0.717, 1.165) is 63.4 Å². The molecule has 1 fully saturated rings. The van der Waals surface area contributed by atoms with Gasteiger partial charge in [-0.2, -0.15) is 0 Å². The van der Waals surface area contributed by atoms with Crippen LogP contribution in [0, 0.1) is 0 Å². The van der Waals surface area contributed by atoms with E-state index in [1.165, 1.54) is 0 Å². The number of imidazole rings is 1. The minimum atomic E-state index is 0.121. The Kier molecular flexibility index (Phi) is 4.05. The minimum Gasteiger partial charge on any atom is -0.497 e. The molecule has 6 rings (SSSR count). The molecule has 1 aliphatic rings. The fourth-order valence-electron chi connectivity index (χ4n) is 4.97. The lowest BCUT2D eigenvalue weighted by atomic mass is 10.1. The number of carbonyl (C=O) groups excluding carboxylic acids is 1. The largest absolute Gasteiger partial charge is 0.497 e. The summed E-state index contributed by atoms with van der Waals surface area (Å²) in [7, 11) is 3.73. The molecule has 1 saturated heterocycles. The number of nitrogens with one attached hydrogen (secondary N) is 1. The molecule has 1 N–H and O–H groups in total. The third kappa shape index (κ3) is 2.72. The minimum absolute atomic E-state index is 0.121. The molecule has 0 spiro atoms. The maximum atomic E-state index is 11.8. The van der Waals surface area contributed by atoms with E-state index in [2.05, 4.69) is 43.3 Å². The number of nitrogens with zero attached hydrogens (tertiary/aromatic N) is 5. The van der Waals surface area contributed by atoms with Crippen LogP contribution in [0.1, 0.15) is 25.1 Å². The first-order chi connectivity index (χ1) is 15.5. The van der Waals surface area contributed by atoms with Crippen molar-refractivity contribution >= 4 is 33.5 Å². The molecule has 1 aliphatic heterocycles. The average Bonchev–Trinajstić information content (AvgIpc) is 3.56. The summed E-state index contributed by atoms with van der Waals surface area (Å²) >= 11 is 0. The zero-order chi connectivity index (χ0) is 22.0. The fourth-order valence-corrected chi connectivity index (χ4v) is 4.97. The van der Waals surface area contributed by atoms with Crippen LogP contribution in [0.15, 0.2) is 42.9 Å². The number of likely N-dealkylation sites (tertiary alicyclic amines) is 1. The van der Waals surface area contributed by atoms with Crippen molar-refractivity contribution < 1.29 is 9.53 Å². The van der Waals surface area contributed by atoms with Crippen molar-refractivity contribution in [2.45, 2.75) is 19.3 Å². The lowest BCUT2D eigenvalue weighted by Gasteiger charge is -2.13. The van der Waals surface area contributed by atoms with E-state index in [1.807, 2.05) is 30.4 Å². The average molecular weight is 428 g/mol. The molecule has 0 bridgehead atoms. The second kappa shape index (κ2) is 6.85. The number of aryl methyl sites for hydroxylation is 1. The fraction of sp³-hybridized carbons (Fsp3) is 0.292. The maximum Gasteiger partial charge on any atom is 0.219 e. The number of H-pyrrole nitrogens is 1. The summed E-state index contributed by atoms with van der Waals surface area (Å²) < 4.78 is 9.76. The van der Waals surface area contributed by atoms with Crippen molar-refractivity contribution in [1.82, 2.24) is 28.8 Å². The number of amides is 1. The molecule has 5 heterocycles. The topological polar surface area (TPSA) is 80.5 Å². The van der Waals surface area contributed by atoms with Gasteiger partial charge < -0.3 is 19.2 Å². The molecule has 1 atom stereocenters. The molecule has 0 aliphatic carbocycles. The molecule has 4 aromatic heterocycles. The first-order valence-corrected chi connectivity index (χ1v) is 10.8. The van der Waals surface area contributed by atoms with E-state index in [9.17, 15) is 4.79 Å². The molecule has 8 nitrogen and oxygen atoms in total. The molecule has 1 amide bonds. The van der Waals surface area contributed by atoms with Crippen LogP contribution in [0.3, 0.4) is 0 Å². The van der Waals surface area contributed by atoms with Gasteiger partial charge in [0.05, 0.1) is 36.2 Å². The van der Waals surface area contributed by atoms with Crippen molar-refractivity contribution in [2.24, 2.45) is 7.05 Å². The van der Waals surface area contributed by atoms with Gasteiger partial charge in [0.25, 0.3) is 0 Å². The van der Waals surface area contributed by atoms with E-state index < -0.39 is 0 Å². The predicted octanol–water partition coefficient (Wildman–Crippen LogP) is 3.71. The highest BCUT2D eigenvalue weighted by atomic mass is 16.5. The number of hydrogen-bond acceptors (Lipinski definition) is 4. The Morgan fingerprint density at radius 2 is 2.03 bits per heavy atom. The Hall–Kier alpha value is -3.81. The molecule has 0 saturated carbocycles. The Balaban J connectivity index is 1.52. The van der Waals surface area contributed by atoms with Crippen LogP contribution in [-0.4, -0.2) is 54.9 Å². The van der Waals surface area contributed by atoms with Crippen LogP contribution in [0.4, 0.5) is 0 Å². The molecule has 0 unspecified atom stereocenters. The summed E-state index contributed by atoms with van der Waals surface area (Å²) in [5, 5.41) is 1.12. The highest BCUT2D eigenvalue weighted by Gasteiger charge is 2.29. The van der Waals surface area contributed by atoms with E-state index in [1.54, 1.807) is 14.0 Å². The predicted molar refractivity (Wildman–Crippen MR) is 123 cm³/mol. The monoisotopic (exact) mass is 428 g/mol. The van der Waals surface area contributed by atoms with Gasteiger partial charge in [0, 0.05) is 55.6 Å². The summed E-state index contributed by atoms with van der Waals surface area (Å²) in [5.41, 5.74) is 5.99. The summed E-state index contributed by atoms with van der Waals surface area (Å²) in [5.74, 6) is 2.15. The number of carbonyl (C=O) groups is 1. The quantitative estimate of drug-likeness (QED) is 0.475. The standard InChI is InChI=1S/C24H24N6O2/c1-14(31)29-7-6-15(12-29)24-26-11-16-10-25-23-22(30(16)24)9-20(27-23)19-13-28(2)21-5-4-17(32-3)8-18(19)21/h4-5,8-11,13,15,27H,6-7,12H2,1-3H3/t15-/m1/s1. The van der Waals surface area contributed by atoms with Gasteiger partial charge in [0.2, 0.25) is 5.91 Å². The first kappa shape index (κ1) is 18.9. The van der Waals surface area contributed by atoms with E-state index in [0.29, 0.717) is 6.54 Å². The number of benzene rings is 1. The number of fused-ring (bicyclic) bond motifs is 4. The normalized spacial score (nSPS) is 16.6. The second-order valence-corrected chi connectivity index (χ2v) is 8.54. The van der Waals surface area contributed by atoms with E-state index in [4.69, 9.17) is 9.72 Å². The van der Waals surface area contributed by atoms with Crippen LogP contribution < -0.4 is 4.74 Å². The molecule has 32 heavy (non-hydrogen) atoms. The highest BCUT2D eigenvalue weighted by molar-refractivity contribution is 5.98. The van der Waals surface area contributed by atoms with Crippen LogP contribution in [0.25, 0.3) is 38.8 Å². The third-order valence-electron chi connectivity index (χ3n) is 6.65. The van der Waals surface area contributed by atoms with Crippen LogP contribution >= 0.6 is 0 Å². The highest BCUT2D eigenvalue weighted by Crippen LogP contribution is 2.35. The van der Waals surface area contributed by atoms with E-state index >= 15 is 0 Å². The SMILES string of the molecule is COc1ccc2c(c1)c(-c1cc3c(ncc4cnc([C@@H]5CCN(C(C)=O)C5)n43)[nH]1)cn2C. The van der Waals surface area contributed by atoms with Crippen molar-refractivity contribution in [2.75, 3.05) is 20.2 Å². The van der Waals surface area contributed by atoms with Gasteiger partial charge in [-0.1, -0.05) is 0 Å². The van der Waals surface area contributed by atoms with Crippen molar-refractivity contribution in [3.63, 3.8) is 0 Å². The number of hydrogen-bond donors (Lipinski definition) is 1. The number of rotatable bonds is 3. The van der Waals surface area contributed by atoms with Gasteiger partial charge in [-0.3, -0.25) is 9.20 Å². The zero-order valence-corrected chi connectivity index (χ0v) is 18.3. The smallest absolute Gasteiger partial charge is 0.219 e. The van der Waals surface area contributed by atoms with Crippen molar-refractivity contribution in [3.05, 3.63) is 48.7 Å². The molecule has 162 valence electrons. The lowest BCUT2D eigenvalue weighted by Crippen LogP contribution is -2.25. The molecule has 8 heteroatoms. The first-order valence-electron chi connectivity index (χ1n) is 10.8. The van der Waals surface area contributed by atoms with Gasteiger partial charge in [0.1, 0.15) is 11.6 Å². The van der Waals surface area contributed by atoms with E-state index in [-0.39, 0.29) is 11.8 Å². The second-order valence-electron chi connectivity index (χ2n) is 8.54. The summed E-state index contributed by atoms with van der Waals surface area (Å²) in [4.78, 5) is 26.6. The molecule has 0 radical (unpaired) electrons. The zero-order valence-electron chi connectivity index (χ0n) is 18.3. The van der Waals surface area contributed by atoms with Gasteiger partial charge in [-0.25, -0.2) is 9.97 Å². The van der Waals surface area contributed by atoms with Crippen LogP contribution in [0.5, 0.6) is 5.75 Å². The molecular weight excluding hydrogens is 404 g/mol. The molecular formula is C24H24N6O2. The number of aromatic amines is 1. The van der Waals surface area contributed by atoms with Gasteiger partial charge >= 0.3 is 0 Å². The number of aromatic nitrogens is 5. The Labute approximate surface area is 184 Å². The summed E-state index contributed by atoms with van der Waals surface area (Å²) in [6.07, 6.45) is 6.77. The Bertz CT molecular complexity index is 1510. The number of ether oxygens (including phenoxy) is 1. The maximum absolute atomic E-state index is 11.8. The van der Waals surface area contributed by atoms with Gasteiger partial charge in [-0.05, 0) is 30.7 Å².